The monoisotopic (exact) mass is 391 g/mol. The van der Waals surface area contributed by atoms with E-state index in [1.54, 1.807) is 30.3 Å². The number of anilines is 1. The molecular formula is C17H12F3N5O3. The lowest BCUT2D eigenvalue weighted by Crippen LogP contribution is -2.31. The maximum atomic E-state index is 12.7. The lowest BCUT2D eigenvalue weighted by atomic mass is 10.1. The van der Waals surface area contributed by atoms with Crippen LogP contribution in [0.3, 0.4) is 0 Å². The molecule has 0 fully saturated rings. The van der Waals surface area contributed by atoms with Gasteiger partial charge in [-0.15, -0.1) is 0 Å². The van der Waals surface area contributed by atoms with Crippen molar-refractivity contribution in [3.8, 4) is 5.69 Å². The van der Waals surface area contributed by atoms with Crippen molar-refractivity contribution in [1.29, 1.82) is 0 Å². The highest BCUT2D eigenvalue weighted by atomic mass is 19.4. The summed E-state index contributed by atoms with van der Waals surface area (Å²) < 4.78 is 39.7. The normalized spacial score (nSPS) is 11.1. The van der Waals surface area contributed by atoms with Crippen LogP contribution in [-0.2, 0) is 6.18 Å². The number of nitrogens with one attached hydrogen (secondary N) is 2. The van der Waals surface area contributed by atoms with Gasteiger partial charge >= 0.3 is 6.18 Å². The van der Waals surface area contributed by atoms with Gasteiger partial charge in [0.25, 0.3) is 11.6 Å². The summed E-state index contributed by atoms with van der Waals surface area (Å²) in [5, 5.41) is 11.1. The van der Waals surface area contributed by atoms with Crippen molar-refractivity contribution in [1.82, 2.24) is 15.0 Å². The van der Waals surface area contributed by atoms with E-state index >= 15 is 0 Å². The van der Waals surface area contributed by atoms with E-state index in [1.165, 1.54) is 17.1 Å². The summed E-state index contributed by atoms with van der Waals surface area (Å²) in [4.78, 5) is 26.4. The molecule has 28 heavy (non-hydrogen) atoms. The molecule has 0 spiro atoms. The van der Waals surface area contributed by atoms with E-state index in [0.29, 0.717) is 17.8 Å². The van der Waals surface area contributed by atoms with E-state index in [0.717, 1.165) is 6.07 Å². The highest BCUT2D eigenvalue weighted by molar-refractivity contribution is 5.94. The fraction of sp³-hybridized carbons (Fsp3) is 0.0588. The summed E-state index contributed by atoms with van der Waals surface area (Å²) in [5.41, 5.74) is 3.01. The number of imidazole rings is 1. The molecule has 0 atom stereocenters. The van der Waals surface area contributed by atoms with E-state index in [9.17, 15) is 28.1 Å². The standard InChI is InChI=1S/C17H12F3N5O3/c18-17(19,20)11-6-7-13(14(8-11)25(27)28)22-23-16(26)15-9-21-10-24(15)12-4-2-1-3-5-12/h1-10,22H,(H,23,26). The fourth-order valence-electron chi connectivity index (χ4n) is 2.41. The molecule has 0 bridgehead atoms. The molecule has 0 aliphatic carbocycles. The van der Waals surface area contributed by atoms with Crippen LogP contribution in [0, 0.1) is 10.1 Å². The maximum Gasteiger partial charge on any atom is 0.416 e. The number of hydrogen-bond acceptors (Lipinski definition) is 5. The quantitative estimate of drug-likeness (QED) is 0.512. The van der Waals surface area contributed by atoms with Crippen molar-refractivity contribution < 1.29 is 22.9 Å². The van der Waals surface area contributed by atoms with E-state index in [4.69, 9.17) is 0 Å². The zero-order valence-electron chi connectivity index (χ0n) is 14.0. The third-order valence-corrected chi connectivity index (χ3v) is 3.74. The van der Waals surface area contributed by atoms with Gasteiger partial charge in [0, 0.05) is 11.8 Å². The van der Waals surface area contributed by atoms with Gasteiger partial charge in [0.05, 0.1) is 23.0 Å². The number of amides is 1. The summed E-state index contributed by atoms with van der Waals surface area (Å²) in [7, 11) is 0. The minimum atomic E-state index is -4.73. The van der Waals surface area contributed by atoms with Gasteiger partial charge in [0.1, 0.15) is 11.4 Å². The molecule has 0 aliphatic rings. The van der Waals surface area contributed by atoms with Crippen LogP contribution in [-0.4, -0.2) is 20.4 Å². The number of carbonyl (C=O) groups is 1. The highest BCUT2D eigenvalue weighted by Gasteiger charge is 2.33. The van der Waals surface area contributed by atoms with Crippen LogP contribution >= 0.6 is 0 Å². The largest absolute Gasteiger partial charge is 0.416 e. The predicted molar refractivity (Wildman–Crippen MR) is 92.8 cm³/mol. The van der Waals surface area contributed by atoms with Gasteiger partial charge in [-0.3, -0.25) is 30.3 Å². The van der Waals surface area contributed by atoms with Crippen LogP contribution in [0.15, 0.2) is 61.1 Å². The first kappa shape index (κ1) is 18.9. The Labute approximate surface area is 155 Å². The number of halogens is 3. The number of hydrazine groups is 1. The first-order valence-corrected chi connectivity index (χ1v) is 7.77. The smallest absolute Gasteiger partial charge is 0.295 e. The Balaban J connectivity index is 1.81. The molecule has 1 amide bonds. The average molecular weight is 391 g/mol. The number of nitro benzene ring substituents is 1. The van der Waals surface area contributed by atoms with Crippen molar-refractivity contribution in [3.63, 3.8) is 0 Å². The van der Waals surface area contributed by atoms with Gasteiger partial charge in [-0.1, -0.05) is 18.2 Å². The molecule has 1 aromatic heterocycles. The lowest BCUT2D eigenvalue weighted by molar-refractivity contribution is -0.384. The summed E-state index contributed by atoms with van der Waals surface area (Å²) in [5.74, 6) is -0.685. The van der Waals surface area contributed by atoms with Crippen LogP contribution in [0.1, 0.15) is 16.1 Å². The molecule has 1 heterocycles. The number of nitrogens with zero attached hydrogens (tertiary/aromatic N) is 3. The number of benzene rings is 2. The Bertz CT molecular complexity index is 1020. The van der Waals surface area contributed by atoms with Crippen molar-refractivity contribution in [3.05, 3.63) is 82.4 Å². The molecule has 2 aromatic carbocycles. The van der Waals surface area contributed by atoms with E-state index in [1.807, 2.05) is 0 Å². The molecule has 0 unspecified atom stereocenters. The number of carbonyl (C=O) groups excluding carboxylic acids is 1. The lowest BCUT2D eigenvalue weighted by Gasteiger charge is -2.12. The number of aromatic nitrogens is 2. The third-order valence-electron chi connectivity index (χ3n) is 3.74. The molecular weight excluding hydrogens is 379 g/mol. The van der Waals surface area contributed by atoms with Gasteiger partial charge in [0.15, 0.2) is 0 Å². The Morgan fingerprint density at radius 3 is 2.50 bits per heavy atom. The fourth-order valence-corrected chi connectivity index (χ4v) is 2.41. The first-order valence-electron chi connectivity index (χ1n) is 7.77. The van der Waals surface area contributed by atoms with Gasteiger partial charge in [0.2, 0.25) is 0 Å². The average Bonchev–Trinajstić information content (AvgIpc) is 3.15. The molecule has 3 aromatic rings. The zero-order valence-corrected chi connectivity index (χ0v) is 14.0. The zero-order chi connectivity index (χ0) is 20.3. The van der Waals surface area contributed by atoms with Crippen LogP contribution < -0.4 is 10.9 Å². The van der Waals surface area contributed by atoms with E-state index < -0.39 is 28.3 Å². The molecule has 11 heteroatoms. The van der Waals surface area contributed by atoms with Crippen molar-refractivity contribution >= 4 is 17.3 Å². The minimum Gasteiger partial charge on any atom is -0.295 e. The topological polar surface area (TPSA) is 102 Å². The molecule has 2 N–H and O–H groups in total. The Morgan fingerprint density at radius 1 is 1.14 bits per heavy atom. The van der Waals surface area contributed by atoms with Crippen LogP contribution in [0.2, 0.25) is 0 Å². The van der Waals surface area contributed by atoms with Crippen molar-refractivity contribution in [2.75, 3.05) is 5.43 Å². The molecule has 8 nitrogen and oxygen atoms in total. The second-order valence-corrected chi connectivity index (χ2v) is 5.55. The molecule has 0 saturated carbocycles. The number of nitro groups is 1. The van der Waals surface area contributed by atoms with Crippen molar-refractivity contribution in [2.45, 2.75) is 6.18 Å². The van der Waals surface area contributed by atoms with Gasteiger partial charge < -0.3 is 0 Å². The molecule has 144 valence electrons. The van der Waals surface area contributed by atoms with Gasteiger partial charge in [-0.05, 0) is 24.3 Å². The van der Waals surface area contributed by atoms with Crippen LogP contribution in [0.4, 0.5) is 24.5 Å². The summed E-state index contributed by atoms with van der Waals surface area (Å²) >= 11 is 0. The Kier molecular flexibility index (Phi) is 4.98. The molecule has 0 saturated heterocycles. The first-order chi connectivity index (χ1) is 13.3. The number of para-hydroxylation sites is 1. The maximum absolute atomic E-state index is 12.7. The number of alkyl halides is 3. The summed E-state index contributed by atoms with van der Waals surface area (Å²) in [6.45, 7) is 0. The second-order valence-electron chi connectivity index (χ2n) is 5.55. The molecule has 3 rings (SSSR count). The van der Waals surface area contributed by atoms with Crippen LogP contribution in [0.5, 0.6) is 0 Å². The minimum absolute atomic E-state index is 0.119. The van der Waals surface area contributed by atoms with Crippen molar-refractivity contribution in [2.24, 2.45) is 0 Å². The third kappa shape index (κ3) is 3.92. The van der Waals surface area contributed by atoms with E-state index in [-0.39, 0.29) is 11.4 Å². The van der Waals surface area contributed by atoms with E-state index in [2.05, 4.69) is 15.8 Å². The Morgan fingerprint density at radius 2 is 1.86 bits per heavy atom. The SMILES string of the molecule is O=C(NNc1ccc(C(F)(F)F)cc1[N+](=O)[O-])c1cncn1-c1ccccc1. The number of hydrogen-bond donors (Lipinski definition) is 2. The van der Waals surface area contributed by atoms with Gasteiger partial charge in [-0.25, -0.2) is 4.98 Å². The number of rotatable bonds is 5. The molecule has 0 radical (unpaired) electrons. The second kappa shape index (κ2) is 7.39. The Hall–Kier alpha value is -3.89. The summed E-state index contributed by atoms with van der Waals surface area (Å²) in [6, 6.07) is 10.8. The van der Waals surface area contributed by atoms with Crippen LogP contribution in [0.25, 0.3) is 5.69 Å². The molecule has 0 aliphatic heterocycles. The van der Waals surface area contributed by atoms with Gasteiger partial charge in [-0.2, -0.15) is 13.2 Å². The highest BCUT2D eigenvalue weighted by Crippen LogP contribution is 2.34. The summed E-state index contributed by atoms with van der Waals surface area (Å²) in [6.07, 6.45) is -2.04. The predicted octanol–water partition coefficient (Wildman–Crippen LogP) is 3.56.